The SMILES string of the molecule is O=C1NC(=O)C(Cc2ccc(NC(=O)c3cc(=O)c4c(O)cc(O)cc4o3)cc2)S1. The number of anilines is 1. The van der Waals surface area contributed by atoms with E-state index in [1.165, 1.54) is 0 Å². The van der Waals surface area contributed by atoms with E-state index in [9.17, 15) is 29.4 Å². The molecule has 10 heteroatoms. The standard InChI is InChI=1S/C20H14N2O7S/c23-11-6-12(24)17-13(25)8-15(29-14(17)7-11)18(26)21-10-3-1-9(2-4-10)5-16-19(27)22-20(28)30-16/h1-4,6-8,16,23-24H,5H2,(H,21,26)(H,22,27,28). The van der Waals surface area contributed by atoms with Crippen molar-refractivity contribution in [2.24, 2.45) is 0 Å². The molecule has 4 rings (SSSR count). The Kier molecular flexibility index (Phi) is 4.92. The van der Waals surface area contributed by atoms with Gasteiger partial charge < -0.3 is 19.9 Å². The highest BCUT2D eigenvalue weighted by Crippen LogP contribution is 2.28. The molecular formula is C20H14N2O7S. The van der Waals surface area contributed by atoms with E-state index < -0.39 is 22.3 Å². The van der Waals surface area contributed by atoms with Gasteiger partial charge in [-0.1, -0.05) is 23.9 Å². The van der Waals surface area contributed by atoms with Crippen LogP contribution < -0.4 is 16.1 Å². The Morgan fingerprint density at radius 2 is 1.83 bits per heavy atom. The van der Waals surface area contributed by atoms with Crippen molar-refractivity contribution < 1.29 is 29.0 Å². The van der Waals surface area contributed by atoms with Crippen molar-refractivity contribution in [2.45, 2.75) is 11.7 Å². The van der Waals surface area contributed by atoms with Crippen LogP contribution in [-0.2, 0) is 11.2 Å². The van der Waals surface area contributed by atoms with Crippen molar-refractivity contribution in [1.82, 2.24) is 5.32 Å². The first-order chi connectivity index (χ1) is 14.3. The Morgan fingerprint density at radius 1 is 1.10 bits per heavy atom. The topological polar surface area (TPSA) is 146 Å². The number of benzene rings is 2. The van der Waals surface area contributed by atoms with Crippen molar-refractivity contribution in [3.63, 3.8) is 0 Å². The van der Waals surface area contributed by atoms with Crippen LogP contribution in [0.2, 0.25) is 0 Å². The van der Waals surface area contributed by atoms with Crippen LogP contribution in [0, 0.1) is 0 Å². The minimum Gasteiger partial charge on any atom is -0.508 e. The normalized spacial score (nSPS) is 15.9. The molecule has 1 aliphatic rings. The van der Waals surface area contributed by atoms with Gasteiger partial charge in [0.25, 0.3) is 11.1 Å². The summed E-state index contributed by atoms with van der Waals surface area (Å²) in [5.41, 5.74) is 0.474. The highest BCUT2D eigenvalue weighted by Gasteiger charge is 2.31. The average molecular weight is 426 g/mol. The first-order valence-electron chi connectivity index (χ1n) is 8.72. The second-order valence-corrected chi connectivity index (χ2v) is 7.73. The van der Waals surface area contributed by atoms with Gasteiger partial charge in [0.1, 0.15) is 22.5 Å². The van der Waals surface area contributed by atoms with E-state index in [-0.39, 0.29) is 33.6 Å². The molecule has 152 valence electrons. The van der Waals surface area contributed by atoms with Crippen LogP contribution in [0.5, 0.6) is 11.5 Å². The number of rotatable bonds is 4. The fraction of sp³-hybridized carbons (Fsp3) is 0.100. The molecule has 0 saturated carbocycles. The van der Waals surface area contributed by atoms with Gasteiger partial charge in [0.05, 0.1) is 5.25 Å². The summed E-state index contributed by atoms with van der Waals surface area (Å²) in [7, 11) is 0. The number of fused-ring (bicyclic) bond motifs is 1. The first-order valence-corrected chi connectivity index (χ1v) is 9.60. The molecule has 1 unspecified atom stereocenters. The van der Waals surface area contributed by atoms with Crippen LogP contribution in [0.3, 0.4) is 0 Å². The predicted molar refractivity (Wildman–Crippen MR) is 109 cm³/mol. The Bertz CT molecular complexity index is 1250. The van der Waals surface area contributed by atoms with Gasteiger partial charge >= 0.3 is 0 Å². The maximum absolute atomic E-state index is 12.5. The molecule has 4 N–H and O–H groups in total. The lowest BCUT2D eigenvalue weighted by molar-refractivity contribution is -0.118. The lowest BCUT2D eigenvalue weighted by atomic mass is 10.1. The number of amides is 3. The Hall–Kier alpha value is -3.79. The third-order valence-corrected chi connectivity index (χ3v) is 5.40. The molecule has 2 aromatic carbocycles. The van der Waals surface area contributed by atoms with E-state index in [1.54, 1.807) is 24.3 Å². The quantitative estimate of drug-likeness (QED) is 0.497. The van der Waals surface area contributed by atoms with Gasteiger partial charge in [0.15, 0.2) is 11.2 Å². The summed E-state index contributed by atoms with van der Waals surface area (Å²) in [5.74, 6) is -2.07. The molecule has 1 aliphatic heterocycles. The highest BCUT2D eigenvalue weighted by molar-refractivity contribution is 8.15. The Morgan fingerprint density at radius 3 is 2.50 bits per heavy atom. The molecule has 2 heterocycles. The molecule has 0 radical (unpaired) electrons. The highest BCUT2D eigenvalue weighted by atomic mass is 32.2. The van der Waals surface area contributed by atoms with Gasteiger partial charge in [-0.2, -0.15) is 0 Å². The van der Waals surface area contributed by atoms with Crippen molar-refractivity contribution >= 4 is 45.5 Å². The summed E-state index contributed by atoms with van der Waals surface area (Å²) >= 11 is 0.938. The van der Waals surface area contributed by atoms with Crippen LogP contribution in [0.15, 0.2) is 51.7 Å². The number of aromatic hydroxyl groups is 2. The van der Waals surface area contributed by atoms with E-state index in [2.05, 4.69) is 10.6 Å². The molecule has 0 spiro atoms. The van der Waals surface area contributed by atoms with E-state index in [4.69, 9.17) is 4.42 Å². The zero-order valence-electron chi connectivity index (χ0n) is 15.2. The number of hydrogen-bond acceptors (Lipinski definition) is 8. The largest absolute Gasteiger partial charge is 0.508 e. The fourth-order valence-electron chi connectivity index (χ4n) is 3.02. The third kappa shape index (κ3) is 3.85. The van der Waals surface area contributed by atoms with E-state index in [0.29, 0.717) is 12.1 Å². The molecule has 1 saturated heterocycles. The summed E-state index contributed by atoms with van der Waals surface area (Å²) in [6.45, 7) is 0. The lowest BCUT2D eigenvalue weighted by Crippen LogP contribution is -2.25. The van der Waals surface area contributed by atoms with Gasteiger partial charge in [-0.3, -0.25) is 24.5 Å². The monoisotopic (exact) mass is 426 g/mol. The number of carbonyl (C=O) groups excluding carboxylic acids is 3. The van der Waals surface area contributed by atoms with Crippen molar-refractivity contribution in [3.8, 4) is 11.5 Å². The maximum atomic E-state index is 12.5. The Balaban J connectivity index is 1.51. The molecule has 1 atom stereocenters. The minimum atomic E-state index is -0.694. The summed E-state index contributed by atoms with van der Waals surface area (Å²) in [6.07, 6.45) is 0.364. The van der Waals surface area contributed by atoms with Gasteiger partial charge in [0.2, 0.25) is 5.91 Å². The van der Waals surface area contributed by atoms with Crippen molar-refractivity contribution in [1.29, 1.82) is 0 Å². The number of carbonyl (C=O) groups is 3. The molecule has 9 nitrogen and oxygen atoms in total. The van der Waals surface area contributed by atoms with Crippen LogP contribution >= 0.6 is 11.8 Å². The van der Waals surface area contributed by atoms with Crippen LogP contribution in [0.1, 0.15) is 16.1 Å². The van der Waals surface area contributed by atoms with E-state index >= 15 is 0 Å². The number of phenolic OH excluding ortho intramolecular Hbond substituents is 2. The number of nitrogens with one attached hydrogen (secondary N) is 2. The van der Waals surface area contributed by atoms with Gasteiger partial charge in [0, 0.05) is 23.9 Å². The lowest BCUT2D eigenvalue weighted by Gasteiger charge is -2.08. The van der Waals surface area contributed by atoms with Gasteiger partial charge in [-0.05, 0) is 24.1 Å². The molecule has 1 aromatic heterocycles. The van der Waals surface area contributed by atoms with Crippen LogP contribution in [-0.4, -0.2) is 32.5 Å². The average Bonchev–Trinajstić information content (AvgIpc) is 2.99. The Labute approximate surface area is 172 Å². The fourth-order valence-corrected chi connectivity index (χ4v) is 3.88. The van der Waals surface area contributed by atoms with Crippen molar-refractivity contribution in [2.75, 3.05) is 5.32 Å². The van der Waals surface area contributed by atoms with Gasteiger partial charge in [-0.25, -0.2) is 0 Å². The molecule has 3 aromatic rings. The second kappa shape index (κ2) is 7.56. The minimum absolute atomic E-state index is 0.123. The van der Waals surface area contributed by atoms with Crippen LogP contribution in [0.4, 0.5) is 10.5 Å². The molecular weight excluding hydrogens is 412 g/mol. The number of phenols is 2. The van der Waals surface area contributed by atoms with Crippen LogP contribution in [0.25, 0.3) is 11.0 Å². The maximum Gasteiger partial charge on any atom is 0.291 e. The summed E-state index contributed by atoms with van der Waals surface area (Å²) in [4.78, 5) is 47.5. The summed E-state index contributed by atoms with van der Waals surface area (Å²) in [6, 6.07) is 9.73. The van der Waals surface area contributed by atoms with Gasteiger partial charge in [-0.15, -0.1) is 0 Å². The summed E-state index contributed by atoms with van der Waals surface area (Å²) < 4.78 is 5.36. The molecule has 0 bridgehead atoms. The smallest absolute Gasteiger partial charge is 0.291 e. The number of thioether (sulfide) groups is 1. The first kappa shape index (κ1) is 19.5. The molecule has 1 fully saturated rings. The molecule has 30 heavy (non-hydrogen) atoms. The third-order valence-electron chi connectivity index (χ3n) is 4.42. The second-order valence-electron chi connectivity index (χ2n) is 6.55. The zero-order chi connectivity index (χ0) is 21.4. The molecule has 0 aliphatic carbocycles. The van der Waals surface area contributed by atoms with E-state index in [0.717, 1.165) is 35.5 Å². The van der Waals surface area contributed by atoms with Crippen molar-refractivity contribution in [3.05, 3.63) is 64.0 Å². The number of imide groups is 1. The predicted octanol–water partition coefficient (Wildman–Crippen LogP) is 2.35. The van der Waals surface area contributed by atoms with E-state index in [1.807, 2.05) is 0 Å². The number of hydrogen-bond donors (Lipinski definition) is 4. The zero-order valence-corrected chi connectivity index (χ0v) is 16.0. The summed E-state index contributed by atoms with van der Waals surface area (Å²) in [5, 5.41) is 23.2. The molecule has 3 amide bonds.